The Balaban J connectivity index is 1.66. The molecule has 1 amide bonds. The van der Waals surface area contributed by atoms with Gasteiger partial charge in [0.05, 0.1) is 0 Å². The summed E-state index contributed by atoms with van der Waals surface area (Å²) in [4.78, 5) is 24.4. The molecule has 3 rings (SSSR count). The number of amides is 1. The van der Waals surface area contributed by atoms with E-state index in [2.05, 4.69) is 5.32 Å². The van der Waals surface area contributed by atoms with E-state index in [0.717, 1.165) is 11.3 Å². The number of ketones is 1. The molecule has 0 aliphatic rings. The van der Waals surface area contributed by atoms with Gasteiger partial charge in [-0.2, -0.15) is 0 Å². The van der Waals surface area contributed by atoms with Gasteiger partial charge >= 0.3 is 0 Å². The van der Waals surface area contributed by atoms with Gasteiger partial charge < -0.3 is 5.32 Å². The lowest BCUT2D eigenvalue weighted by atomic mass is 10.1. The molecule has 0 radical (unpaired) electrons. The third-order valence-corrected chi connectivity index (χ3v) is 3.69. The van der Waals surface area contributed by atoms with Crippen molar-refractivity contribution in [3.05, 3.63) is 108 Å². The molecular formula is C22H17NO2. The topological polar surface area (TPSA) is 46.2 Å². The van der Waals surface area contributed by atoms with E-state index in [-0.39, 0.29) is 11.7 Å². The van der Waals surface area contributed by atoms with E-state index in [1.165, 1.54) is 6.08 Å². The predicted molar refractivity (Wildman–Crippen MR) is 101 cm³/mol. The van der Waals surface area contributed by atoms with Crippen LogP contribution in [0.15, 0.2) is 91.0 Å². The number of hydrogen-bond acceptors (Lipinski definition) is 2. The van der Waals surface area contributed by atoms with Crippen LogP contribution in [0.25, 0.3) is 6.08 Å². The molecule has 3 aromatic rings. The minimum Gasteiger partial charge on any atom is -0.322 e. The Morgan fingerprint density at radius 2 is 1.24 bits per heavy atom. The van der Waals surface area contributed by atoms with Crippen LogP contribution in [0.2, 0.25) is 0 Å². The Labute approximate surface area is 146 Å². The van der Waals surface area contributed by atoms with Crippen LogP contribution in [0.4, 0.5) is 5.69 Å². The number of anilines is 1. The first-order valence-electron chi connectivity index (χ1n) is 7.96. The number of rotatable bonds is 5. The molecule has 0 unspecified atom stereocenters. The second-order valence-electron chi connectivity index (χ2n) is 5.51. The molecule has 3 aromatic carbocycles. The van der Waals surface area contributed by atoms with Crippen molar-refractivity contribution in [2.45, 2.75) is 0 Å². The SMILES string of the molecule is O=C(C=Cc1ccccc1)c1ccc(C(=O)Nc2ccccc2)cc1. The molecule has 0 saturated heterocycles. The van der Waals surface area contributed by atoms with E-state index in [4.69, 9.17) is 0 Å². The van der Waals surface area contributed by atoms with Crippen molar-refractivity contribution in [1.82, 2.24) is 0 Å². The highest BCUT2D eigenvalue weighted by atomic mass is 16.1. The second-order valence-corrected chi connectivity index (χ2v) is 5.51. The average molecular weight is 327 g/mol. The maximum atomic E-state index is 12.2. The van der Waals surface area contributed by atoms with Crippen LogP contribution < -0.4 is 5.32 Å². The van der Waals surface area contributed by atoms with Gasteiger partial charge in [0.2, 0.25) is 0 Å². The van der Waals surface area contributed by atoms with Crippen molar-refractivity contribution in [3.8, 4) is 0 Å². The number of allylic oxidation sites excluding steroid dienone is 1. The van der Waals surface area contributed by atoms with Gasteiger partial charge in [0.25, 0.3) is 5.91 Å². The largest absolute Gasteiger partial charge is 0.322 e. The normalized spacial score (nSPS) is 10.6. The highest BCUT2D eigenvalue weighted by Crippen LogP contribution is 2.11. The number of nitrogens with one attached hydrogen (secondary N) is 1. The molecule has 0 saturated carbocycles. The zero-order valence-electron chi connectivity index (χ0n) is 13.6. The van der Waals surface area contributed by atoms with Crippen molar-refractivity contribution < 1.29 is 9.59 Å². The summed E-state index contributed by atoms with van der Waals surface area (Å²) in [7, 11) is 0. The minimum atomic E-state index is -0.204. The fourth-order valence-electron chi connectivity index (χ4n) is 2.34. The Kier molecular flexibility index (Phi) is 5.17. The lowest BCUT2D eigenvalue weighted by Crippen LogP contribution is -2.11. The fraction of sp³-hybridized carbons (Fsp3) is 0. The van der Waals surface area contributed by atoms with Gasteiger partial charge in [-0.3, -0.25) is 9.59 Å². The van der Waals surface area contributed by atoms with Crippen molar-refractivity contribution >= 4 is 23.5 Å². The maximum Gasteiger partial charge on any atom is 0.255 e. The van der Waals surface area contributed by atoms with Crippen LogP contribution in [-0.4, -0.2) is 11.7 Å². The summed E-state index contributed by atoms with van der Waals surface area (Å²) < 4.78 is 0. The van der Waals surface area contributed by atoms with E-state index < -0.39 is 0 Å². The van der Waals surface area contributed by atoms with Gasteiger partial charge in [-0.1, -0.05) is 66.7 Å². The summed E-state index contributed by atoms with van der Waals surface area (Å²) in [5, 5.41) is 2.82. The van der Waals surface area contributed by atoms with E-state index in [0.29, 0.717) is 11.1 Å². The predicted octanol–water partition coefficient (Wildman–Crippen LogP) is 4.84. The third kappa shape index (κ3) is 4.52. The first-order valence-corrected chi connectivity index (χ1v) is 7.96. The van der Waals surface area contributed by atoms with Crippen molar-refractivity contribution in [2.75, 3.05) is 5.32 Å². The van der Waals surface area contributed by atoms with E-state index in [1.54, 1.807) is 30.3 Å². The molecule has 0 aliphatic heterocycles. The second kappa shape index (κ2) is 7.88. The Morgan fingerprint density at radius 1 is 0.680 bits per heavy atom. The van der Waals surface area contributed by atoms with Gasteiger partial charge in [0, 0.05) is 16.8 Å². The monoisotopic (exact) mass is 327 g/mol. The summed E-state index contributed by atoms with van der Waals surface area (Å²) in [6.45, 7) is 0. The first-order chi connectivity index (χ1) is 12.2. The summed E-state index contributed by atoms with van der Waals surface area (Å²) >= 11 is 0. The van der Waals surface area contributed by atoms with Crippen LogP contribution in [-0.2, 0) is 0 Å². The van der Waals surface area contributed by atoms with Gasteiger partial charge in [0.15, 0.2) is 5.78 Å². The van der Waals surface area contributed by atoms with E-state index in [9.17, 15) is 9.59 Å². The third-order valence-electron chi connectivity index (χ3n) is 3.69. The lowest BCUT2D eigenvalue weighted by Gasteiger charge is -2.05. The molecule has 0 atom stereocenters. The van der Waals surface area contributed by atoms with Gasteiger partial charge in [0.1, 0.15) is 0 Å². The molecule has 0 spiro atoms. The Hall–Kier alpha value is -3.46. The lowest BCUT2D eigenvalue weighted by molar-refractivity contribution is 0.102. The first kappa shape index (κ1) is 16.4. The highest BCUT2D eigenvalue weighted by molar-refractivity contribution is 6.08. The van der Waals surface area contributed by atoms with Crippen molar-refractivity contribution in [1.29, 1.82) is 0 Å². The molecule has 3 nitrogen and oxygen atoms in total. The molecule has 0 fully saturated rings. The van der Waals surface area contributed by atoms with Crippen LogP contribution >= 0.6 is 0 Å². The van der Waals surface area contributed by atoms with Gasteiger partial charge in [-0.05, 0) is 35.9 Å². The fourth-order valence-corrected chi connectivity index (χ4v) is 2.34. The molecule has 0 bridgehead atoms. The number of benzene rings is 3. The molecule has 0 aromatic heterocycles. The van der Waals surface area contributed by atoms with Crippen molar-refractivity contribution in [2.24, 2.45) is 0 Å². The summed E-state index contributed by atoms with van der Waals surface area (Å²) in [5.74, 6) is -0.302. The van der Waals surface area contributed by atoms with Gasteiger partial charge in [-0.15, -0.1) is 0 Å². The zero-order chi connectivity index (χ0) is 17.5. The number of hydrogen-bond donors (Lipinski definition) is 1. The molecular weight excluding hydrogens is 310 g/mol. The van der Waals surface area contributed by atoms with E-state index in [1.807, 2.05) is 60.7 Å². The molecule has 3 heteroatoms. The summed E-state index contributed by atoms with van der Waals surface area (Å²) in [6.07, 6.45) is 3.31. The molecule has 1 N–H and O–H groups in total. The number of carbonyl (C=O) groups excluding carboxylic acids is 2. The van der Waals surface area contributed by atoms with Crippen molar-refractivity contribution in [3.63, 3.8) is 0 Å². The van der Waals surface area contributed by atoms with Crippen LogP contribution in [0.5, 0.6) is 0 Å². The quantitative estimate of drug-likeness (QED) is 0.538. The molecule has 122 valence electrons. The number of carbonyl (C=O) groups is 2. The van der Waals surface area contributed by atoms with E-state index >= 15 is 0 Å². The van der Waals surface area contributed by atoms with Crippen LogP contribution in [0, 0.1) is 0 Å². The standard InChI is InChI=1S/C22H17NO2/c24-21(16-11-17-7-3-1-4-8-17)18-12-14-19(15-13-18)22(25)23-20-9-5-2-6-10-20/h1-16H,(H,23,25). The maximum absolute atomic E-state index is 12.2. The minimum absolute atomic E-state index is 0.0983. The Bertz CT molecular complexity index is 882. The molecule has 25 heavy (non-hydrogen) atoms. The number of para-hydroxylation sites is 1. The van der Waals surface area contributed by atoms with Crippen LogP contribution in [0.1, 0.15) is 26.3 Å². The Morgan fingerprint density at radius 3 is 1.88 bits per heavy atom. The van der Waals surface area contributed by atoms with Gasteiger partial charge in [-0.25, -0.2) is 0 Å². The van der Waals surface area contributed by atoms with Crippen LogP contribution in [0.3, 0.4) is 0 Å². The molecule has 0 aliphatic carbocycles. The average Bonchev–Trinajstić information content (AvgIpc) is 2.68. The summed E-state index contributed by atoms with van der Waals surface area (Å²) in [6, 6.07) is 25.5. The molecule has 0 heterocycles. The zero-order valence-corrected chi connectivity index (χ0v) is 13.6. The smallest absolute Gasteiger partial charge is 0.255 e. The summed E-state index contributed by atoms with van der Waals surface area (Å²) in [5.41, 5.74) is 2.75. The highest BCUT2D eigenvalue weighted by Gasteiger charge is 2.07.